The Bertz CT molecular complexity index is 1140. The molecule has 2 aromatic carbocycles. The first kappa shape index (κ1) is 26.9. The maximum atomic E-state index is 14.5. The molecule has 0 saturated carbocycles. The van der Waals surface area contributed by atoms with E-state index >= 15 is 0 Å². The van der Waals surface area contributed by atoms with Crippen LogP contribution in [0.15, 0.2) is 36.7 Å². The van der Waals surface area contributed by atoms with Gasteiger partial charge in [0.25, 0.3) is 0 Å². The second-order valence-corrected chi connectivity index (χ2v) is 8.45. The highest BCUT2D eigenvalue weighted by Gasteiger charge is 2.20. The van der Waals surface area contributed by atoms with Crippen molar-refractivity contribution in [2.75, 3.05) is 26.1 Å². The first-order chi connectivity index (χ1) is 17.1. The largest absolute Gasteiger partial charge is 0.494 e. The number of rotatable bonds is 12. The van der Waals surface area contributed by atoms with E-state index in [1.165, 1.54) is 38.7 Å². The highest BCUT2D eigenvalue weighted by molar-refractivity contribution is 5.55. The van der Waals surface area contributed by atoms with E-state index in [1.807, 2.05) is 0 Å². The third kappa shape index (κ3) is 7.14. The second kappa shape index (κ2) is 11.8. The minimum absolute atomic E-state index is 0.0922. The summed E-state index contributed by atoms with van der Waals surface area (Å²) < 4.78 is 64.0. The number of anilines is 2. The molecule has 2 N–H and O–H groups in total. The van der Waals surface area contributed by atoms with E-state index in [9.17, 15) is 18.3 Å². The molecule has 0 amide bonds. The zero-order chi connectivity index (χ0) is 26.3. The Balaban J connectivity index is 1.59. The summed E-state index contributed by atoms with van der Waals surface area (Å²) in [4.78, 5) is 8.15. The van der Waals surface area contributed by atoms with Crippen LogP contribution >= 0.6 is 0 Å². The molecule has 1 aromatic heterocycles. The van der Waals surface area contributed by atoms with Gasteiger partial charge in [-0.25, -0.2) is 23.1 Å². The van der Waals surface area contributed by atoms with Gasteiger partial charge in [0.05, 0.1) is 44.4 Å². The fraction of sp³-hybridized carbons (Fsp3) is 0.360. The van der Waals surface area contributed by atoms with Gasteiger partial charge in [0.1, 0.15) is 6.61 Å². The summed E-state index contributed by atoms with van der Waals surface area (Å²) in [5.74, 6) is -2.33. The van der Waals surface area contributed by atoms with Crippen LogP contribution in [-0.2, 0) is 6.61 Å². The summed E-state index contributed by atoms with van der Waals surface area (Å²) in [6.45, 7) is 3.22. The van der Waals surface area contributed by atoms with Crippen molar-refractivity contribution in [2.45, 2.75) is 38.9 Å². The predicted molar refractivity (Wildman–Crippen MR) is 127 cm³/mol. The molecule has 0 atom stereocenters. The third-order valence-electron chi connectivity index (χ3n) is 5.05. The molecule has 3 rings (SSSR count). The SMILES string of the molecule is COc1cc(OC)c(F)c(COc2cnc(Nc3ccc(OCCCC(C)(C)O)c(F)c3)nc2)c1F. The molecule has 11 heteroatoms. The Morgan fingerprint density at radius 1 is 0.917 bits per heavy atom. The van der Waals surface area contributed by atoms with E-state index in [2.05, 4.69) is 15.3 Å². The van der Waals surface area contributed by atoms with Crippen LogP contribution in [0.5, 0.6) is 23.0 Å². The quantitative estimate of drug-likeness (QED) is 0.325. The molecule has 1 heterocycles. The van der Waals surface area contributed by atoms with Crippen LogP contribution < -0.4 is 24.3 Å². The van der Waals surface area contributed by atoms with Gasteiger partial charge in [0, 0.05) is 17.8 Å². The lowest BCUT2D eigenvalue weighted by molar-refractivity contribution is 0.0639. The van der Waals surface area contributed by atoms with Gasteiger partial charge in [0.2, 0.25) is 5.95 Å². The van der Waals surface area contributed by atoms with Crippen molar-refractivity contribution in [1.29, 1.82) is 0 Å². The molecule has 0 aliphatic carbocycles. The molecule has 0 bridgehead atoms. The fourth-order valence-electron chi connectivity index (χ4n) is 3.19. The van der Waals surface area contributed by atoms with Crippen molar-refractivity contribution in [2.24, 2.45) is 0 Å². The number of aliphatic hydroxyl groups is 1. The summed E-state index contributed by atoms with van der Waals surface area (Å²) in [5, 5.41) is 12.6. The smallest absolute Gasteiger partial charge is 0.227 e. The van der Waals surface area contributed by atoms with Crippen LogP contribution in [0.2, 0.25) is 0 Å². The fourth-order valence-corrected chi connectivity index (χ4v) is 3.19. The van der Waals surface area contributed by atoms with Crippen LogP contribution in [0.1, 0.15) is 32.3 Å². The van der Waals surface area contributed by atoms with Gasteiger partial charge in [-0.2, -0.15) is 0 Å². The lowest BCUT2D eigenvalue weighted by Gasteiger charge is -2.16. The first-order valence-corrected chi connectivity index (χ1v) is 11.1. The molecular weight excluding hydrogens is 479 g/mol. The van der Waals surface area contributed by atoms with E-state index in [4.69, 9.17) is 18.9 Å². The topological polar surface area (TPSA) is 95.0 Å². The van der Waals surface area contributed by atoms with Crippen molar-refractivity contribution in [3.63, 3.8) is 0 Å². The number of hydrogen-bond acceptors (Lipinski definition) is 8. The Morgan fingerprint density at radius 2 is 1.56 bits per heavy atom. The summed E-state index contributed by atoms with van der Waals surface area (Å²) in [6.07, 6.45) is 3.72. The van der Waals surface area contributed by atoms with Gasteiger partial charge < -0.3 is 29.4 Å². The van der Waals surface area contributed by atoms with E-state index in [0.717, 1.165) is 6.07 Å². The van der Waals surface area contributed by atoms with Crippen molar-refractivity contribution in [3.05, 3.63) is 59.7 Å². The molecule has 0 aliphatic heterocycles. The summed E-state index contributed by atoms with van der Waals surface area (Å²) >= 11 is 0. The molecule has 0 spiro atoms. The van der Waals surface area contributed by atoms with E-state index < -0.39 is 29.7 Å². The Morgan fingerprint density at radius 3 is 2.11 bits per heavy atom. The monoisotopic (exact) mass is 507 g/mol. The Kier molecular flexibility index (Phi) is 8.81. The zero-order valence-corrected chi connectivity index (χ0v) is 20.4. The molecular formula is C25H28F3N3O5. The van der Waals surface area contributed by atoms with Crippen molar-refractivity contribution in [1.82, 2.24) is 9.97 Å². The molecule has 36 heavy (non-hydrogen) atoms. The number of ether oxygens (including phenoxy) is 4. The molecule has 0 aliphatic rings. The van der Waals surface area contributed by atoms with E-state index in [0.29, 0.717) is 18.5 Å². The highest BCUT2D eigenvalue weighted by Crippen LogP contribution is 2.32. The number of benzene rings is 2. The van der Waals surface area contributed by atoms with Crippen LogP contribution in [-0.4, -0.2) is 41.5 Å². The molecule has 194 valence electrons. The number of nitrogens with one attached hydrogen (secondary N) is 1. The van der Waals surface area contributed by atoms with Gasteiger partial charge in [-0.15, -0.1) is 0 Å². The summed E-state index contributed by atoms with van der Waals surface area (Å²) in [6, 6.07) is 5.42. The Labute approximate surface area is 207 Å². The number of hydrogen-bond donors (Lipinski definition) is 2. The van der Waals surface area contributed by atoms with Crippen LogP contribution in [0, 0.1) is 17.5 Å². The highest BCUT2D eigenvalue weighted by atomic mass is 19.1. The summed E-state index contributed by atoms with van der Waals surface area (Å²) in [5.41, 5.74) is -0.783. The average Bonchev–Trinajstić information content (AvgIpc) is 2.83. The lowest BCUT2D eigenvalue weighted by Crippen LogP contribution is -2.19. The first-order valence-electron chi connectivity index (χ1n) is 11.1. The maximum absolute atomic E-state index is 14.5. The van der Waals surface area contributed by atoms with E-state index in [-0.39, 0.29) is 41.1 Å². The van der Waals surface area contributed by atoms with E-state index in [1.54, 1.807) is 19.9 Å². The molecule has 3 aromatic rings. The zero-order valence-electron chi connectivity index (χ0n) is 20.4. The molecule has 0 unspecified atom stereocenters. The molecule has 0 radical (unpaired) electrons. The predicted octanol–water partition coefficient (Wildman–Crippen LogP) is 5.16. The minimum atomic E-state index is -0.901. The maximum Gasteiger partial charge on any atom is 0.227 e. The van der Waals surface area contributed by atoms with Gasteiger partial charge in [0.15, 0.2) is 40.4 Å². The van der Waals surface area contributed by atoms with Crippen LogP contribution in [0.4, 0.5) is 24.8 Å². The van der Waals surface area contributed by atoms with Crippen LogP contribution in [0.3, 0.4) is 0 Å². The van der Waals surface area contributed by atoms with Gasteiger partial charge in [-0.1, -0.05) is 0 Å². The third-order valence-corrected chi connectivity index (χ3v) is 5.05. The van der Waals surface area contributed by atoms with Crippen molar-refractivity contribution >= 4 is 11.6 Å². The Hall–Kier alpha value is -3.73. The van der Waals surface area contributed by atoms with Crippen molar-refractivity contribution < 1.29 is 37.2 Å². The number of methoxy groups -OCH3 is 2. The normalized spacial score (nSPS) is 11.2. The van der Waals surface area contributed by atoms with Gasteiger partial charge in [-0.3, -0.25) is 0 Å². The lowest BCUT2D eigenvalue weighted by atomic mass is 10.0. The summed E-state index contributed by atoms with van der Waals surface area (Å²) in [7, 11) is 2.51. The van der Waals surface area contributed by atoms with Crippen LogP contribution in [0.25, 0.3) is 0 Å². The average molecular weight is 508 g/mol. The van der Waals surface area contributed by atoms with Gasteiger partial charge >= 0.3 is 0 Å². The number of nitrogens with zero attached hydrogens (tertiary/aromatic N) is 2. The molecule has 0 saturated heterocycles. The standard InChI is InChI=1S/C25H28F3N3O5/c1-25(2,32)8-5-9-35-19-7-6-15(10-18(19)26)31-24-29-12-16(13-30-24)36-14-17-22(27)20(33-3)11-21(34-4)23(17)28/h6-7,10-13,32H,5,8-9,14H2,1-4H3,(H,29,30,31). The second-order valence-electron chi connectivity index (χ2n) is 8.45. The number of halogens is 3. The van der Waals surface area contributed by atoms with Crippen molar-refractivity contribution in [3.8, 4) is 23.0 Å². The van der Waals surface area contributed by atoms with Gasteiger partial charge in [-0.05, 0) is 38.8 Å². The molecule has 8 nitrogen and oxygen atoms in total. The molecule has 0 fully saturated rings. The number of aromatic nitrogens is 2. The minimum Gasteiger partial charge on any atom is -0.494 e.